The highest BCUT2D eigenvalue weighted by Crippen LogP contribution is 2.19. The molecule has 9 heteroatoms. The van der Waals surface area contributed by atoms with E-state index < -0.39 is 21.5 Å². The summed E-state index contributed by atoms with van der Waals surface area (Å²) in [6.45, 7) is 1.91. The van der Waals surface area contributed by atoms with Gasteiger partial charge in [-0.3, -0.25) is 14.6 Å². The second-order valence-corrected chi connectivity index (χ2v) is 8.19. The van der Waals surface area contributed by atoms with Gasteiger partial charge in [-0.1, -0.05) is 19.1 Å². The van der Waals surface area contributed by atoms with Gasteiger partial charge < -0.3 is 5.32 Å². The van der Waals surface area contributed by atoms with Crippen molar-refractivity contribution in [3.05, 3.63) is 54.4 Å². The predicted octanol–water partition coefficient (Wildman–Crippen LogP) is 1.35. The van der Waals surface area contributed by atoms with E-state index in [0.29, 0.717) is 12.1 Å². The van der Waals surface area contributed by atoms with Crippen LogP contribution in [0.4, 0.5) is 5.69 Å². The van der Waals surface area contributed by atoms with Gasteiger partial charge in [0.2, 0.25) is 11.8 Å². The Morgan fingerprint density at radius 1 is 1.19 bits per heavy atom. The van der Waals surface area contributed by atoms with E-state index in [0.717, 1.165) is 11.3 Å². The quantitative estimate of drug-likeness (QED) is 0.804. The lowest BCUT2D eigenvalue weighted by atomic mass is 9.94. The fourth-order valence-corrected chi connectivity index (χ4v) is 3.85. The van der Waals surface area contributed by atoms with Crippen LogP contribution < -0.4 is 10.7 Å². The third-order valence-corrected chi connectivity index (χ3v) is 5.69. The first-order valence-electron chi connectivity index (χ1n) is 8.24. The van der Waals surface area contributed by atoms with Gasteiger partial charge in [0, 0.05) is 30.4 Å². The lowest BCUT2D eigenvalue weighted by molar-refractivity contribution is -0.122. The SMILES string of the molecule is CC1CC(=O)NN=C1c1ccc(NC(=O)CS(=O)(=O)c2ccncc2)cc1. The highest BCUT2D eigenvalue weighted by molar-refractivity contribution is 7.92. The Bertz CT molecular complexity index is 986. The molecular formula is C18H18N4O4S. The molecule has 3 rings (SSSR count). The molecule has 1 aromatic heterocycles. The zero-order valence-corrected chi connectivity index (χ0v) is 15.4. The summed E-state index contributed by atoms with van der Waals surface area (Å²) in [6, 6.07) is 9.56. The third kappa shape index (κ3) is 4.56. The number of benzene rings is 1. The Balaban J connectivity index is 1.66. The summed E-state index contributed by atoms with van der Waals surface area (Å²) in [5.41, 5.74) is 4.51. The highest BCUT2D eigenvalue weighted by Gasteiger charge is 2.22. The number of pyridine rings is 1. The van der Waals surface area contributed by atoms with Gasteiger partial charge in [-0.25, -0.2) is 13.8 Å². The molecule has 0 fully saturated rings. The van der Waals surface area contributed by atoms with Crippen LogP contribution in [0.2, 0.25) is 0 Å². The summed E-state index contributed by atoms with van der Waals surface area (Å²) in [5, 5.41) is 6.65. The van der Waals surface area contributed by atoms with Crippen LogP contribution in [-0.2, 0) is 19.4 Å². The number of carbonyl (C=O) groups excluding carboxylic acids is 2. The Morgan fingerprint density at radius 3 is 2.48 bits per heavy atom. The van der Waals surface area contributed by atoms with Crippen LogP contribution in [-0.4, -0.2) is 36.7 Å². The van der Waals surface area contributed by atoms with Crippen molar-refractivity contribution in [2.75, 3.05) is 11.1 Å². The van der Waals surface area contributed by atoms with E-state index in [1.165, 1.54) is 24.5 Å². The topological polar surface area (TPSA) is 118 Å². The molecule has 0 bridgehead atoms. The van der Waals surface area contributed by atoms with Crippen LogP contribution in [0.5, 0.6) is 0 Å². The number of hydrogen-bond acceptors (Lipinski definition) is 6. The summed E-state index contributed by atoms with van der Waals surface area (Å²) in [7, 11) is -3.73. The maximum absolute atomic E-state index is 12.2. The summed E-state index contributed by atoms with van der Waals surface area (Å²) in [6.07, 6.45) is 3.09. The minimum Gasteiger partial charge on any atom is -0.325 e. The van der Waals surface area contributed by atoms with Crippen molar-refractivity contribution in [3.8, 4) is 0 Å². The van der Waals surface area contributed by atoms with Gasteiger partial charge in [-0.2, -0.15) is 5.10 Å². The molecule has 0 spiro atoms. The van der Waals surface area contributed by atoms with Crippen molar-refractivity contribution in [3.63, 3.8) is 0 Å². The standard InChI is InChI=1S/C18H18N4O4S/c1-12-10-16(23)21-22-18(12)13-2-4-14(5-3-13)20-17(24)11-27(25,26)15-6-8-19-9-7-15/h2-9,12H,10-11H2,1H3,(H,20,24)(H,21,23). The maximum Gasteiger partial charge on any atom is 0.240 e. The number of anilines is 1. The molecule has 2 heterocycles. The highest BCUT2D eigenvalue weighted by atomic mass is 32.2. The monoisotopic (exact) mass is 386 g/mol. The van der Waals surface area contributed by atoms with E-state index in [-0.39, 0.29) is 16.7 Å². The number of carbonyl (C=O) groups is 2. The number of aromatic nitrogens is 1. The lowest BCUT2D eigenvalue weighted by Gasteiger charge is -2.19. The van der Waals surface area contributed by atoms with Gasteiger partial charge in [-0.05, 0) is 29.8 Å². The Labute approximate surface area is 156 Å². The van der Waals surface area contributed by atoms with E-state index in [9.17, 15) is 18.0 Å². The van der Waals surface area contributed by atoms with Crippen LogP contribution in [0.1, 0.15) is 18.9 Å². The van der Waals surface area contributed by atoms with Crippen molar-refractivity contribution in [2.24, 2.45) is 11.0 Å². The molecule has 1 unspecified atom stereocenters. The number of amides is 2. The first kappa shape index (κ1) is 18.7. The average molecular weight is 386 g/mol. The van der Waals surface area contributed by atoms with Crippen molar-refractivity contribution < 1.29 is 18.0 Å². The normalized spacial score (nSPS) is 17.0. The van der Waals surface area contributed by atoms with E-state index >= 15 is 0 Å². The van der Waals surface area contributed by atoms with Crippen LogP contribution in [0.15, 0.2) is 58.8 Å². The number of hydrazone groups is 1. The number of nitrogens with one attached hydrogen (secondary N) is 2. The van der Waals surface area contributed by atoms with Gasteiger partial charge in [0.25, 0.3) is 0 Å². The minimum atomic E-state index is -3.73. The first-order valence-corrected chi connectivity index (χ1v) is 9.90. The number of hydrogen-bond donors (Lipinski definition) is 2. The van der Waals surface area contributed by atoms with E-state index in [1.807, 2.05) is 6.92 Å². The molecule has 0 saturated heterocycles. The molecule has 0 aliphatic carbocycles. The molecule has 2 amide bonds. The van der Waals surface area contributed by atoms with Crippen LogP contribution in [0.3, 0.4) is 0 Å². The van der Waals surface area contributed by atoms with Crippen LogP contribution in [0.25, 0.3) is 0 Å². The fourth-order valence-electron chi connectivity index (χ4n) is 2.73. The summed E-state index contributed by atoms with van der Waals surface area (Å²) in [4.78, 5) is 27.2. The maximum atomic E-state index is 12.2. The second kappa shape index (κ2) is 7.67. The molecule has 0 saturated carbocycles. The van der Waals surface area contributed by atoms with Gasteiger partial charge >= 0.3 is 0 Å². The lowest BCUT2D eigenvalue weighted by Crippen LogP contribution is -2.31. The average Bonchev–Trinajstić information content (AvgIpc) is 2.63. The number of nitrogens with zero attached hydrogens (tertiary/aromatic N) is 2. The first-order chi connectivity index (χ1) is 12.8. The van der Waals surface area contributed by atoms with Gasteiger partial charge in [-0.15, -0.1) is 0 Å². The predicted molar refractivity (Wildman–Crippen MR) is 99.8 cm³/mol. The number of sulfone groups is 1. The Kier molecular flexibility index (Phi) is 5.31. The molecular weight excluding hydrogens is 368 g/mol. The largest absolute Gasteiger partial charge is 0.325 e. The van der Waals surface area contributed by atoms with E-state index in [2.05, 4.69) is 20.8 Å². The molecule has 8 nitrogen and oxygen atoms in total. The molecule has 2 aromatic rings. The molecule has 1 aromatic carbocycles. The second-order valence-electron chi connectivity index (χ2n) is 6.20. The summed E-state index contributed by atoms with van der Waals surface area (Å²) < 4.78 is 24.4. The molecule has 1 atom stereocenters. The van der Waals surface area contributed by atoms with Crippen molar-refractivity contribution in [2.45, 2.75) is 18.2 Å². The molecule has 1 aliphatic rings. The summed E-state index contributed by atoms with van der Waals surface area (Å²) in [5.74, 6) is -1.42. The minimum absolute atomic E-state index is 0.00954. The molecule has 2 N–H and O–H groups in total. The molecule has 1 aliphatic heterocycles. The van der Waals surface area contributed by atoms with Crippen LogP contribution in [0, 0.1) is 5.92 Å². The smallest absolute Gasteiger partial charge is 0.240 e. The van der Waals surface area contributed by atoms with E-state index in [4.69, 9.17) is 0 Å². The van der Waals surface area contributed by atoms with Crippen molar-refractivity contribution in [1.29, 1.82) is 0 Å². The van der Waals surface area contributed by atoms with Crippen molar-refractivity contribution in [1.82, 2.24) is 10.4 Å². The van der Waals surface area contributed by atoms with Gasteiger partial charge in [0.1, 0.15) is 5.75 Å². The molecule has 140 valence electrons. The summed E-state index contributed by atoms with van der Waals surface area (Å²) >= 11 is 0. The molecule has 27 heavy (non-hydrogen) atoms. The molecule has 0 radical (unpaired) electrons. The van der Waals surface area contributed by atoms with Gasteiger partial charge in [0.05, 0.1) is 10.6 Å². The Hall–Kier alpha value is -3.07. The fraction of sp³-hybridized carbons (Fsp3) is 0.222. The van der Waals surface area contributed by atoms with Crippen LogP contribution >= 0.6 is 0 Å². The number of rotatable bonds is 5. The zero-order chi connectivity index (χ0) is 19.4. The van der Waals surface area contributed by atoms with E-state index in [1.54, 1.807) is 24.3 Å². The Morgan fingerprint density at radius 2 is 1.85 bits per heavy atom. The zero-order valence-electron chi connectivity index (χ0n) is 14.5. The van der Waals surface area contributed by atoms with Gasteiger partial charge in [0.15, 0.2) is 9.84 Å². The van der Waals surface area contributed by atoms with Crippen molar-refractivity contribution >= 4 is 33.1 Å². The third-order valence-electron chi connectivity index (χ3n) is 4.05.